The Hall–Kier alpha value is -2.14. The number of hydrogen-bond acceptors (Lipinski definition) is 5. The van der Waals surface area contributed by atoms with Crippen LogP contribution in [0.25, 0.3) is 0 Å². The maximum Gasteiger partial charge on any atom is 0.158 e. The van der Waals surface area contributed by atoms with Gasteiger partial charge in [-0.3, -0.25) is 0 Å². The molecule has 1 aromatic carbocycles. The van der Waals surface area contributed by atoms with Gasteiger partial charge in [-0.2, -0.15) is 0 Å². The van der Waals surface area contributed by atoms with E-state index >= 15 is 0 Å². The zero-order valence-electron chi connectivity index (χ0n) is 12.8. The molecule has 0 aliphatic carbocycles. The number of nitrogens with one attached hydrogen (secondary N) is 2. The van der Waals surface area contributed by atoms with Crippen molar-refractivity contribution in [2.24, 2.45) is 0 Å². The smallest absolute Gasteiger partial charge is 0.158 e. The predicted octanol–water partition coefficient (Wildman–Crippen LogP) is 3.36. The summed E-state index contributed by atoms with van der Waals surface area (Å²) in [6.45, 7) is 5.16. The molecule has 112 valence electrons. The third kappa shape index (κ3) is 4.43. The van der Waals surface area contributed by atoms with Crippen LogP contribution in [0.3, 0.4) is 0 Å². The highest BCUT2D eigenvalue weighted by Crippen LogP contribution is 2.18. The van der Waals surface area contributed by atoms with Gasteiger partial charge in [-0.05, 0) is 31.0 Å². The maximum absolute atomic E-state index is 5.37. The van der Waals surface area contributed by atoms with Gasteiger partial charge in [-0.15, -0.1) is 0 Å². The second kappa shape index (κ2) is 7.59. The summed E-state index contributed by atoms with van der Waals surface area (Å²) in [4.78, 5) is 8.84. The largest absolute Gasteiger partial charge is 0.374 e. The molecule has 5 heteroatoms. The van der Waals surface area contributed by atoms with Gasteiger partial charge in [0.25, 0.3) is 0 Å². The van der Waals surface area contributed by atoms with Gasteiger partial charge in [-0.1, -0.05) is 19.1 Å². The summed E-state index contributed by atoms with van der Waals surface area (Å²) in [5.41, 5.74) is 2.33. The van der Waals surface area contributed by atoms with E-state index in [4.69, 9.17) is 4.74 Å². The quantitative estimate of drug-likeness (QED) is 0.817. The van der Waals surface area contributed by atoms with E-state index in [1.54, 1.807) is 0 Å². The van der Waals surface area contributed by atoms with Gasteiger partial charge in [0.1, 0.15) is 18.2 Å². The van der Waals surface area contributed by atoms with Crippen LogP contribution in [0.5, 0.6) is 0 Å². The highest BCUT2D eigenvalue weighted by atomic mass is 16.5. The summed E-state index contributed by atoms with van der Waals surface area (Å²) in [6, 6.07) is 10.2. The van der Waals surface area contributed by atoms with Crippen LogP contribution >= 0.6 is 0 Å². The summed E-state index contributed by atoms with van der Waals surface area (Å²) < 4.78 is 5.37. The molecule has 2 aromatic rings. The number of rotatable bonds is 7. The van der Waals surface area contributed by atoms with E-state index in [1.807, 2.05) is 20.0 Å². The van der Waals surface area contributed by atoms with Crippen molar-refractivity contribution in [3.63, 3.8) is 0 Å². The Morgan fingerprint density at radius 2 is 1.76 bits per heavy atom. The van der Waals surface area contributed by atoms with E-state index in [0.717, 1.165) is 23.7 Å². The normalized spacial score (nSPS) is 10.4. The summed E-state index contributed by atoms with van der Waals surface area (Å²) in [6.07, 6.45) is 1.04. The van der Waals surface area contributed by atoms with Crippen molar-refractivity contribution < 1.29 is 4.74 Å². The lowest BCUT2D eigenvalue weighted by Gasteiger charge is -2.10. The molecule has 0 saturated carbocycles. The lowest BCUT2D eigenvalue weighted by Crippen LogP contribution is -2.05. The van der Waals surface area contributed by atoms with Crippen molar-refractivity contribution in [3.05, 3.63) is 41.7 Å². The molecule has 0 aliphatic rings. The molecule has 2 N–H and O–H groups in total. The monoisotopic (exact) mass is 286 g/mol. The van der Waals surface area contributed by atoms with Crippen LogP contribution in [-0.2, 0) is 17.8 Å². The SMILES string of the molecule is CCOCc1nc(NC)cc(Nc2ccc(CC)cc2)n1. The van der Waals surface area contributed by atoms with E-state index in [-0.39, 0.29) is 0 Å². The van der Waals surface area contributed by atoms with Crippen LogP contribution in [0.4, 0.5) is 17.3 Å². The standard InChI is InChI=1S/C16H22N4O/c1-4-12-6-8-13(9-7-12)18-15-10-14(17-3)19-16(20-15)11-21-5-2/h6-10H,4-5,11H2,1-3H3,(H2,17,18,19,20). The van der Waals surface area contributed by atoms with Gasteiger partial charge in [0.15, 0.2) is 5.82 Å². The Morgan fingerprint density at radius 3 is 2.38 bits per heavy atom. The van der Waals surface area contributed by atoms with E-state index in [0.29, 0.717) is 19.0 Å². The number of ether oxygens (including phenoxy) is 1. The predicted molar refractivity (Wildman–Crippen MR) is 86.0 cm³/mol. The molecule has 5 nitrogen and oxygen atoms in total. The summed E-state index contributed by atoms with van der Waals surface area (Å²) in [5, 5.41) is 6.34. The summed E-state index contributed by atoms with van der Waals surface area (Å²) >= 11 is 0. The van der Waals surface area contributed by atoms with E-state index in [9.17, 15) is 0 Å². The molecule has 0 amide bonds. The van der Waals surface area contributed by atoms with Crippen LogP contribution in [0.2, 0.25) is 0 Å². The van der Waals surface area contributed by atoms with E-state index in [2.05, 4.69) is 51.8 Å². The molecule has 0 unspecified atom stereocenters. The van der Waals surface area contributed by atoms with E-state index in [1.165, 1.54) is 5.56 Å². The van der Waals surface area contributed by atoms with Crippen LogP contribution in [-0.4, -0.2) is 23.6 Å². The Labute approximate surface area is 125 Å². The third-order valence-corrected chi connectivity index (χ3v) is 3.10. The first-order valence-corrected chi connectivity index (χ1v) is 7.24. The molecule has 0 radical (unpaired) electrons. The van der Waals surface area contributed by atoms with Gasteiger partial charge in [-0.25, -0.2) is 9.97 Å². The minimum atomic E-state index is 0.412. The van der Waals surface area contributed by atoms with Crippen molar-refractivity contribution in [2.75, 3.05) is 24.3 Å². The van der Waals surface area contributed by atoms with Crippen molar-refractivity contribution in [3.8, 4) is 0 Å². The van der Waals surface area contributed by atoms with Crippen molar-refractivity contribution in [1.82, 2.24) is 9.97 Å². The van der Waals surface area contributed by atoms with Gasteiger partial charge in [0.2, 0.25) is 0 Å². The van der Waals surface area contributed by atoms with Crippen LogP contribution in [0, 0.1) is 0 Å². The number of hydrogen-bond donors (Lipinski definition) is 2. The van der Waals surface area contributed by atoms with Gasteiger partial charge < -0.3 is 15.4 Å². The molecule has 0 saturated heterocycles. The minimum Gasteiger partial charge on any atom is -0.374 e. The molecule has 21 heavy (non-hydrogen) atoms. The molecule has 0 spiro atoms. The number of aryl methyl sites for hydroxylation is 1. The lowest BCUT2D eigenvalue weighted by molar-refractivity contribution is 0.128. The fraction of sp³-hybridized carbons (Fsp3) is 0.375. The summed E-state index contributed by atoms with van der Waals surface area (Å²) in [7, 11) is 1.84. The molecular weight excluding hydrogens is 264 g/mol. The zero-order valence-corrected chi connectivity index (χ0v) is 12.8. The fourth-order valence-electron chi connectivity index (χ4n) is 1.92. The fourth-order valence-corrected chi connectivity index (χ4v) is 1.92. The van der Waals surface area contributed by atoms with Gasteiger partial charge in [0.05, 0.1) is 0 Å². The Balaban J connectivity index is 2.16. The highest BCUT2D eigenvalue weighted by molar-refractivity contribution is 5.59. The average molecular weight is 286 g/mol. The molecule has 2 rings (SSSR count). The van der Waals surface area contributed by atoms with Gasteiger partial charge >= 0.3 is 0 Å². The van der Waals surface area contributed by atoms with Crippen molar-refractivity contribution in [1.29, 1.82) is 0 Å². The number of aromatic nitrogens is 2. The highest BCUT2D eigenvalue weighted by Gasteiger charge is 2.04. The topological polar surface area (TPSA) is 59.1 Å². The molecule has 0 bridgehead atoms. The Morgan fingerprint density at radius 1 is 1.05 bits per heavy atom. The Kier molecular flexibility index (Phi) is 5.51. The molecule has 1 heterocycles. The zero-order chi connectivity index (χ0) is 15.1. The number of nitrogens with zero attached hydrogens (tertiary/aromatic N) is 2. The number of anilines is 3. The third-order valence-electron chi connectivity index (χ3n) is 3.10. The molecular formula is C16H22N4O. The maximum atomic E-state index is 5.37. The number of benzene rings is 1. The summed E-state index contributed by atoms with van der Waals surface area (Å²) in [5.74, 6) is 2.19. The first kappa shape index (κ1) is 15.3. The molecule has 0 fully saturated rings. The first-order chi connectivity index (χ1) is 10.2. The van der Waals surface area contributed by atoms with E-state index < -0.39 is 0 Å². The second-order valence-electron chi connectivity index (χ2n) is 4.62. The lowest BCUT2D eigenvalue weighted by atomic mass is 10.1. The average Bonchev–Trinajstić information content (AvgIpc) is 2.53. The first-order valence-electron chi connectivity index (χ1n) is 7.24. The second-order valence-corrected chi connectivity index (χ2v) is 4.62. The molecule has 0 atom stereocenters. The van der Waals surface area contributed by atoms with Crippen LogP contribution in [0.15, 0.2) is 30.3 Å². The minimum absolute atomic E-state index is 0.412. The van der Waals surface area contributed by atoms with Crippen molar-refractivity contribution in [2.45, 2.75) is 26.9 Å². The van der Waals surface area contributed by atoms with Crippen LogP contribution < -0.4 is 10.6 Å². The van der Waals surface area contributed by atoms with Crippen molar-refractivity contribution >= 4 is 17.3 Å². The Bertz CT molecular complexity index is 569. The van der Waals surface area contributed by atoms with Crippen LogP contribution in [0.1, 0.15) is 25.2 Å². The molecule has 1 aromatic heterocycles. The van der Waals surface area contributed by atoms with Gasteiger partial charge in [0, 0.05) is 25.4 Å². The molecule has 0 aliphatic heterocycles.